The Labute approximate surface area is 108 Å². The molecule has 0 aliphatic heterocycles. The van der Waals surface area contributed by atoms with Crippen LogP contribution in [0.25, 0.3) is 0 Å². The number of thioether (sulfide) groups is 1. The van der Waals surface area contributed by atoms with E-state index in [2.05, 4.69) is 35.7 Å². The second-order valence-electron chi connectivity index (χ2n) is 3.99. The summed E-state index contributed by atoms with van der Waals surface area (Å²) in [6.45, 7) is 10.5. The van der Waals surface area contributed by atoms with Gasteiger partial charge in [-0.3, -0.25) is 0 Å². The molecule has 4 nitrogen and oxygen atoms in total. The van der Waals surface area contributed by atoms with Crippen LogP contribution in [0.2, 0.25) is 0 Å². The fourth-order valence-corrected chi connectivity index (χ4v) is 2.37. The Morgan fingerprint density at radius 1 is 1.41 bits per heavy atom. The lowest BCUT2D eigenvalue weighted by atomic mass is 10.00. The van der Waals surface area contributed by atoms with Crippen LogP contribution >= 0.6 is 11.8 Å². The maximum Gasteiger partial charge on any atom is 0.162 e. The normalized spacial score (nSPS) is 17.5. The van der Waals surface area contributed by atoms with Gasteiger partial charge in [-0.15, -0.1) is 0 Å². The summed E-state index contributed by atoms with van der Waals surface area (Å²) in [4.78, 5) is 4.22. The largest absolute Gasteiger partial charge is 0.391 e. The van der Waals surface area contributed by atoms with Crippen LogP contribution in [0, 0.1) is 5.41 Å². The third-order valence-electron chi connectivity index (χ3n) is 2.98. The van der Waals surface area contributed by atoms with E-state index >= 15 is 0 Å². The van der Waals surface area contributed by atoms with Crippen molar-refractivity contribution in [3.05, 3.63) is 24.6 Å². The average Bonchev–Trinajstić information content (AvgIpc) is 3.10. The molecule has 0 aromatic heterocycles. The van der Waals surface area contributed by atoms with E-state index in [9.17, 15) is 0 Å². The maximum absolute atomic E-state index is 5.45. The summed E-state index contributed by atoms with van der Waals surface area (Å²) >= 11 is 1.64. The first-order chi connectivity index (χ1) is 8.10. The number of nitrogens with zero attached hydrogens (tertiary/aromatic N) is 1. The fraction of sp³-hybridized carbons (Fsp3) is 0.583. The molecule has 0 bridgehead atoms. The highest BCUT2D eigenvalue weighted by molar-refractivity contribution is 8.13. The molecule has 0 spiro atoms. The lowest BCUT2D eigenvalue weighted by Gasteiger charge is -2.22. The van der Waals surface area contributed by atoms with E-state index in [0.29, 0.717) is 6.67 Å². The molecule has 1 rings (SSSR count). The topological polar surface area (TPSA) is 62.4 Å². The Bertz CT molecular complexity index is 331. The summed E-state index contributed by atoms with van der Waals surface area (Å²) in [6.07, 6.45) is 2.18. The highest BCUT2D eigenvalue weighted by Crippen LogP contribution is 2.54. The summed E-state index contributed by atoms with van der Waals surface area (Å²) in [5.41, 5.74) is 7.42. The minimum Gasteiger partial charge on any atom is -0.391 e. The van der Waals surface area contributed by atoms with Crippen LogP contribution in [0.4, 0.5) is 0 Å². The van der Waals surface area contributed by atoms with Gasteiger partial charge in [0.25, 0.3) is 0 Å². The van der Waals surface area contributed by atoms with Gasteiger partial charge >= 0.3 is 0 Å². The van der Waals surface area contributed by atoms with Crippen LogP contribution in [-0.2, 0) is 0 Å². The lowest BCUT2D eigenvalue weighted by molar-refractivity contribution is 0.642. The van der Waals surface area contributed by atoms with Crippen LogP contribution < -0.4 is 16.4 Å². The monoisotopic (exact) mass is 254 g/mol. The quantitative estimate of drug-likeness (QED) is 0.498. The molecule has 0 amide bonds. The predicted octanol–water partition coefficient (Wildman–Crippen LogP) is 1.63. The second-order valence-corrected chi connectivity index (χ2v) is 5.25. The van der Waals surface area contributed by atoms with Crippen molar-refractivity contribution in [2.24, 2.45) is 16.1 Å². The predicted molar refractivity (Wildman–Crippen MR) is 76.8 cm³/mol. The Balaban J connectivity index is 2.65. The molecule has 1 aliphatic rings. The van der Waals surface area contributed by atoms with Crippen LogP contribution in [0.5, 0.6) is 0 Å². The van der Waals surface area contributed by atoms with E-state index in [-0.39, 0.29) is 5.41 Å². The molecule has 1 fully saturated rings. The van der Waals surface area contributed by atoms with E-state index < -0.39 is 0 Å². The second kappa shape index (κ2) is 6.12. The molecule has 1 saturated carbocycles. The molecule has 17 heavy (non-hydrogen) atoms. The molecule has 1 aliphatic carbocycles. The highest BCUT2D eigenvalue weighted by Gasteiger charge is 2.48. The van der Waals surface area contributed by atoms with Crippen molar-refractivity contribution in [1.29, 1.82) is 0 Å². The van der Waals surface area contributed by atoms with Gasteiger partial charge in [-0.25, -0.2) is 4.99 Å². The number of nitrogens with two attached hydrogens (primary N) is 1. The van der Waals surface area contributed by atoms with Gasteiger partial charge in [-0.2, -0.15) is 0 Å². The van der Waals surface area contributed by atoms with Gasteiger partial charge in [0.2, 0.25) is 0 Å². The van der Waals surface area contributed by atoms with Crippen molar-refractivity contribution >= 4 is 16.9 Å². The van der Waals surface area contributed by atoms with E-state index in [1.807, 2.05) is 7.05 Å². The summed E-state index contributed by atoms with van der Waals surface area (Å²) in [5.74, 6) is 0.957. The molecule has 4 N–H and O–H groups in total. The molecule has 0 aromatic rings. The van der Waals surface area contributed by atoms with Crippen molar-refractivity contribution in [1.82, 2.24) is 10.6 Å². The molecule has 0 saturated heterocycles. The van der Waals surface area contributed by atoms with Gasteiger partial charge < -0.3 is 16.4 Å². The highest BCUT2D eigenvalue weighted by atomic mass is 32.2. The third-order valence-corrected chi connectivity index (χ3v) is 3.77. The van der Waals surface area contributed by atoms with Gasteiger partial charge in [0, 0.05) is 23.9 Å². The van der Waals surface area contributed by atoms with E-state index in [4.69, 9.17) is 5.73 Å². The number of nitrogens with one attached hydrogen (secondary N) is 2. The number of rotatable bonds is 6. The van der Waals surface area contributed by atoms with Crippen LogP contribution in [0.15, 0.2) is 29.5 Å². The first kappa shape index (κ1) is 14.1. The van der Waals surface area contributed by atoms with Crippen LogP contribution in [-0.4, -0.2) is 24.6 Å². The zero-order valence-corrected chi connectivity index (χ0v) is 11.5. The maximum atomic E-state index is 5.45. The molecule has 0 heterocycles. The van der Waals surface area contributed by atoms with Crippen molar-refractivity contribution in [2.45, 2.75) is 19.8 Å². The van der Waals surface area contributed by atoms with E-state index in [0.717, 1.165) is 35.2 Å². The van der Waals surface area contributed by atoms with Crippen molar-refractivity contribution < 1.29 is 0 Å². The first-order valence-electron chi connectivity index (χ1n) is 5.81. The van der Waals surface area contributed by atoms with Gasteiger partial charge in [-0.05, 0) is 18.6 Å². The van der Waals surface area contributed by atoms with Crippen molar-refractivity contribution in [3.8, 4) is 0 Å². The Morgan fingerprint density at radius 2 is 2.06 bits per heavy atom. The van der Waals surface area contributed by atoms with Gasteiger partial charge in [-0.1, -0.05) is 31.8 Å². The molecule has 0 atom stereocenters. The molecular formula is C12H22N4S. The Hall–Kier alpha value is -0.940. The third kappa shape index (κ3) is 3.26. The van der Waals surface area contributed by atoms with Gasteiger partial charge in [0.1, 0.15) is 0 Å². The Morgan fingerprint density at radius 3 is 2.47 bits per heavy atom. The summed E-state index contributed by atoms with van der Waals surface area (Å²) < 4.78 is 0. The molecule has 0 unspecified atom stereocenters. The smallest absolute Gasteiger partial charge is 0.162 e. The molecular weight excluding hydrogens is 232 g/mol. The van der Waals surface area contributed by atoms with Crippen molar-refractivity contribution in [2.75, 3.05) is 19.5 Å². The summed E-state index contributed by atoms with van der Waals surface area (Å²) in [5, 5.41) is 7.24. The molecule has 0 aromatic carbocycles. The number of amidine groups is 1. The van der Waals surface area contributed by atoms with Gasteiger partial charge in [0.15, 0.2) is 5.17 Å². The minimum atomic E-state index is -0.00157. The summed E-state index contributed by atoms with van der Waals surface area (Å²) in [6, 6.07) is 0. The standard InChI is InChI=1S/C12H22N4S/c1-5-17-11(15-8-13)16-10(3)12(6-7-12)9(2)14-4/h14H,2-3,5-8,13H2,1,4H3,(H,15,16). The Kier molecular flexibility index (Phi) is 5.08. The molecule has 0 radical (unpaired) electrons. The number of hydrogen-bond donors (Lipinski definition) is 3. The number of aliphatic imine (C=N–C) groups is 1. The zero-order valence-electron chi connectivity index (χ0n) is 10.7. The first-order valence-corrected chi connectivity index (χ1v) is 6.80. The molecule has 96 valence electrons. The van der Waals surface area contributed by atoms with E-state index in [1.54, 1.807) is 11.8 Å². The molecule has 5 heteroatoms. The van der Waals surface area contributed by atoms with Crippen LogP contribution in [0.1, 0.15) is 19.8 Å². The van der Waals surface area contributed by atoms with Gasteiger partial charge in [0.05, 0.1) is 6.67 Å². The summed E-state index contributed by atoms with van der Waals surface area (Å²) in [7, 11) is 1.89. The van der Waals surface area contributed by atoms with E-state index in [1.165, 1.54) is 0 Å². The minimum absolute atomic E-state index is 0.00157. The fourth-order valence-electron chi connectivity index (χ4n) is 1.74. The average molecular weight is 254 g/mol. The number of hydrogen-bond acceptors (Lipinski definition) is 4. The van der Waals surface area contributed by atoms with Crippen LogP contribution in [0.3, 0.4) is 0 Å². The van der Waals surface area contributed by atoms with Crippen molar-refractivity contribution in [3.63, 3.8) is 0 Å². The SMILES string of the molecule is C=C(NC)C1(C(=C)NC(=NCN)SCC)CC1. The lowest BCUT2D eigenvalue weighted by Crippen LogP contribution is -2.30. The zero-order chi connectivity index (χ0) is 12.9.